The summed E-state index contributed by atoms with van der Waals surface area (Å²) in [5.74, 6) is 0. The van der Waals surface area contributed by atoms with Crippen molar-refractivity contribution in [1.29, 1.82) is 0 Å². The maximum Gasteiger partial charge on any atom is 0.576 e. The van der Waals surface area contributed by atoms with Gasteiger partial charge in [-0.3, -0.25) is 4.15 Å². The largest absolute Gasteiger partial charge is 0.576 e. The standard InChI is InChI=1S/C30H36NOSi/c1-29(2,3)22-24-21-23-15-13-14-20-27(23)28(24)33(32)31(30(4,5)6,25-16-9-7-10-17-25)26-18-11-8-12-19-26/h7-21,28H,22H2,1-6H3/q+1. The monoisotopic (exact) mass is 454 g/mol. The van der Waals surface area contributed by atoms with Gasteiger partial charge in [-0.2, -0.15) is 0 Å². The molecule has 0 aromatic heterocycles. The normalized spacial score (nSPS) is 16.3. The summed E-state index contributed by atoms with van der Waals surface area (Å²) in [7, 11) is -2.34. The third-order valence-corrected chi connectivity index (χ3v) is 9.65. The Morgan fingerprint density at radius 1 is 0.727 bits per heavy atom. The fourth-order valence-corrected chi connectivity index (χ4v) is 8.34. The lowest BCUT2D eigenvalue weighted by molar-refractivity contribution is 0.303. The van der Waals surface area contributed by atoms with E-state index in [9.17, 15) is 0 Å². The molecule has 170 valence electrons. The van der Waals surface area contributed by atoms with Crippen LogP contribution >= 0.6 is 0 Å². The van der Waals surface area contributed by atoms with E-state index in [0.29, 0.717) is 4.15 Å². The van der Waals surface area contributed by atoms with Crippen molar-refractivity contribution in [2.24, 2.45) is 5.41 Å². The van der Waals surface area contributed by atoms with E-state index in [4.69, 9.17) is 0 Å². The van der Waals surface area contributed by atoms with Gasteiger partial charge in [0, 0.05) is 0 Å². The van der Waals surface area contributed by atoms with E-state index < -0.39 is 8.84 Å². The summed E-state index contributed by atoms with van der Waals surface area (Å²) in [6.07, 6.45) is 3.23. The summed E-state index contributed by atoms with van der Waals surface area (Å²) in [5.41, 5.74) is 5.59. The SMILES string of the molecule is CC(C)(C)CC1=Cc2ccccc2C1[Si](=O)[N+](c1ccccc1)(c1ccccc1)C(C)(C)C. The highest BCUT2D eigenvalue weighted by atomic mass is 28.3. The number of nitrogens with zero attached hydrogens (tertiary/aromatic N) is 1. The van der Waals surface area contributed by atoms with Gasteiger partial charge in [0.2, 0.25) is 0 Å². The van der Waals surface area contributed by atoms with Crippen LogP contribution in [0, 0.1) is 5.41 Å². The molecule has 0 N–H and O–H groups in total. The quantitative estimate of drug-likeness (QED) is 0.355. The lowest BCUT2D eigenvalue weighted by Gasteiger charge is -2.48. The Balaban J connectivity index is 2.00. The molecule has 2 nitrogen and oxygen atoms in total. The molecule has 0 radical (unpaired) electrons. The highest BCUT2D eigenvalue weighted by Crippen LogP contribution is 2.49. The van der Waals surface area contributed by atoms with Crippen LogP contribution in [0.25, 0.3) is 6.08 Å². The molecule has 1 aliphatic rings. The molecule has 1 aliphatic carbocycles. The highest BCUT2D eigenvalue weighted by Gasteiger charge is 2.57. The molecule has 4 rings (SSSR count). The van der Waals surface area contributed by atoms with Crippen molar-refractivity contribution in [2.75, 3.05) is 0 Å². The molecule has 33 heavy (non-hydrogen) atoms. The van der Waals surface area contributed by atoms with Gasteiger partial charge in [0.15, 0.2) is 0 Å². The molecule has 1 unspecified atom stereocenters. The summed E-state index contributed by atoms with van der Waals surface area (Å²) < 4.78 is 15.6. The fourth-order valence-electron chi connectivity index (χ4n) is 5.45. The lowest BCUT2D eigenvalue weighted by atomic mass is 9.87. The Morgan fingerprint density at radius 2 is 1.21 bits per heavy atom. The first-order valence-corrected chi connectivity index (χ1v) is 13.3. The van der Waals surface area contributed by atoms with Gasteiger partial charge in [0.05, 0.1) is 5.54 Å². The lowest BCUT2D eigenvalue weighted by Crippen LogP contribution is -2.64. The Hall–Kier alpha value is -2.62. The molecule has 0 saturated heterocycles. The van der Waals surface area contributed by atoms with Gasteiger partial charge in [-0.1, -0.05) is 93.1 Å². The number of allylic oxidation sites excluding steroid dienone is 1. The molecular weight excluding hydrogens is 418 g/mol. The predicted molar refractivity (Wildman–Crippen MR) is 142 cm³/mol. The second kappa shape index (κ2) is 8.62. The number of fused-ring (bicyclic) bond motifs is 1. The van der Waals surface area contributed by atoms with E-state index >= 15 is 4.46 Å². The van der Waals surface area contributed by atoms with Crippen LogP contribution in [-0.2, 0) is 4.46 Å². The number of para-hydroxylation sites is 2. The minimum atomic E-state index is -2.34. The number of rotatable bonds is 5. The Bertz CT molecular complexity index is 1130. The van der Waals surface area contributed by atoms with Crippen molar-refractivity contribution >= 4 is 26.3 Å². The van der Waals surface area contributed by atoms with Gasteiger partial charge in [0.1, 0.15) is 16.9 Å². The third-order valence-electron chi connectivity index (χ3n) is 6.62. The molecule has 1 atom stereocenters. The van der Waals surface area contributed by atoms with E-state index in [1.165, 1.54) is 16.7 Å². The van der Waals surface area contributed by atoms with Crippen molar-refractivity contribution in [3.63, 3.8) is 0 Å². The van der Waals surface area contributed by atoms with Gasteiger partial charge in [-0.25, -0.2) is 0 Å². The van der Waals surface area contributed by atoms with Crippen LogP contribution in [0.2, 0.25) is 0 Å². The smallest absolute Gasteiger partial charge is 0.308 e. The van der Waals surface area contributed by atoms with E-state index in [0.717, 1.165) is 17.8 Å². The summed E-state index contributed by atoms with van der Waals surface area (Å²) in [4.78, 5) is 0. The molecular formula is C30H36NOSi+. The van der Waals surface area contributed by atoms with Crippen molar-refractivity contribution in [2.45, 2.75) is 59.0 Å². The Labute approximate surface area is 200 Å². The van der Waals surface area contributed by atoms with Crippen molar-refractivity contribution in [3.05, 3.63) is 102 Å². The van der Waals surface area contributed by atoms with Crippen LogP contribution in [-0.4, -0.2) is 14.4 Å². The van der Waals surface area contributed by atoms with Gasteiger partial charge in [-0.05, 0) is 68.0 Å². The second-order valence-electron chi connectivity index (χ2n) is 11.4. The van der Waals surface area contributed by atoms with Crippen LogP contribution in [0.3, 0.4) is 0 Å². The highest BCUT2D eigenvalue weighted by molar-refractivity contribution is 6.50. The first-order chi connectivity index (χ1) is 15.6. The molecule has 3 heteroatoms. The molecule has 0 bridgehead atoms. The van der Waals surface area contributed by atoms with Gasteiger partial charge in [0.25, 0.3) is 0 Å². The van der Waals surface area contributed by atoms with Crippen LogP contribution in [0.1, 0.15) is 64.6 Å². The fraction of sp³-hybridized carbons (Fsp3) is 0.333. The first kappa shape index (κ1) is 23.5. The molecule has 3 aromatic rings. The van der Waals surface area contributed by atoms with Gasteiger partial charge in [-0.15, -0.1) is 0 Å². The van der Waals surface area contributed by atoms with Crippen molar-refractivity contribution in [1.82, 2.24) is 4.15 Å². The topological polar surface area (TPSA) is 17.1 Å². The third kappa shape index (κ3) is 4.20. The van der Waals surface area contributed by atoms with E-state index in [1.807, 2.05) is 12.1 Å². The molecule has 0 aliphatic heterocycles. The van der Waals surface area contributed by atoms with Crippen LogP contribution in [0.5, 0.6) is 0 Å². The molecule has 0 saturated carbocycles. The summed E-state index contributed by atoms with van der Waals surface area (Å²) in [6, 6.07) is 29.5. The summed E-state index contributed by atoms with van der Waals surface area (Å²) in [5, 5.41) is 0. The Morgan fingerprint density at radius 3 is 1.70 bits per heavy atom. The maximum atomic E-state index is 15.3. The summed E-state index contributed by atoms with van der Waals surface area (Å²) in [6.45, 7) is 13.5. The molecule has 3 aromatic carbocycles. The zero-order chi connectivity index (χ0) is 23.9. The molecule has 0 amide bonds. The minimum absolute atomic E-state index is 0.0925. The maximum absolute atomic E-state index is 15.3. The Kier molecular flexibility index (Phi) is 6.15. The number of quaternary nitrogens is 1. The van der Waals surface area contributed by atoms with Crippen molar-refractivity contribution in [3.8, 4) is 0 Å². The molecule has 0 heterocycles. The molecule has 0 spiro atoms. The van der Waals surface area contributed by atoms with E-state index in [-0.39, 0.29) is 16.5 Å². The average Bonchev–Trinajstić information content (AvgIpc) is 3.10. The first-order valence-electron chi connectivity index (χ1n) is 11.9. The predicted octanol–water partition coefficient (Wildman–Crippen LogP) is 8.20. The number of benzene rings is 3. The average molecular weight is 455 g/mol. The zero-order valence-electron chi connectivity index (χ0n) is 20.8. The van der Waals surface area contributed by atoms with Crippen LogP contribution in [0.4, 0.5) is 11.4 Å². The zero-order valence-corrected chi connectivity index (χ0v) is 21.8. The van der Waals surface area contributed by atoms with Gasteiger partial charge < -0.3 is 4.46 Å². The van der Waals surface area contributed by atoms with Crippen LogP contribution in [0.15, 0.2) is 90.5 Å². The van der Waals surface area contributed by atoms with E-state index in [2.05, 4.69) is 120 Å². The number of hydrogen-bond donors (Lipinski definition) is 0. The van der Waals surface area contributed by atoms with Gasteiger partial charge >= 0.3 is 8.84 Å². The van der Waals surface area contributed by atoms with Crippen molar-refractivity contribution < 1.29 is 4.46 Å². The number of hydrogen-bond acceptors (Lipinski definition) is 1. The van der Waals surface area contributed by atoms with E-state index in [1.54, 1.807) is 0 Å². The molecule has 0 fully saturated rings. The summed E-state index contributed by atoms with van der Waals surface area (Å²) >= 11 is 0. The minimum Gasteiger partial charge on any atom is -0.308 e. The van der Waals surface area contributed by atoms with Crippen LogP contribution < -0.4 is 4.15 Å². The second-order valence-corrected chi connectivity index (χ2v) is 13.3.